The SMILES string of the molecule is CNC(Cc1cccc(C)c1)c1ccccc1Br. The minimum atomic E-state index is 0.336. The predicted octanol–water partition coefficient (Wildman–Crippen LogP) is 4.26. The zero-order chi connectivity index (χ0) is 13.0. The Kier molecular flexibility index (Phi) is 4.56. The van der Waals surface area contributed by atoms with E-state index in [-0.39, 0.29) is 0 Å². The van der Waals surface area contributed by atoms with Crippen LogP contribution >= 0.6 is 15.9 Å². The average Bonchev–Trinajstić information content (AvgIpc) is 2.37. The van der Waals surface area contributed by atoms with Crippen LogP contribution in [-0.4, -0.2) is 7.05 Å². The van der Waals surface area contributed by atoms with E-state index in [0.29, 0.717) is 6.04 Å². The Morgan fingerprint density at radius 2 is 1.89 bits per heavy atom. The number of halogens is 1. The molecule has 0 aromatic heterocycles. The Morgan fingerprint density at radius 1 is 1.11 bits per heavy atom. The van der Waals surface area contributed by atoms with E-state index in [0.717, 1.165) is 10.9 Å². The fourth-order valence-electron chi connectivity index (χ4n) is 2.20. The number of nitrogens with one attached hydrogen (secondary N) is 1. The van der Waals surface area contributed by atoms with Gasteiger partial charge in [-0.3, -0.25) is 0 Å². The lowest BCUT2D eigenvalue weighted by Crippen LogP contribution is -2.19. The second-order valence-electron chi connectivity index (χ2n) is 4.56. The van der Waals surface area contributed by atoms with Crippen molar-refractivity contribution in [3.8, 4) is 0 Å². The molecule has 0 heterocycles. The molecule has 0 spiro atoms. The van der Waals surface area contributed by atoms with Gasteiger partial charge in [0.1, 0.15) is 0 Å². The van der Waals surface area contributed by atoms with Crippen molar-refractivity contribution >= 4 is 15.9 Å². The summed E-state index contributed by atoms with van der Waals surface area (Å²) in [6.07, 6.45) is 1.00. The molecule has 94 valence electrons. The highest BCUT2D eigenvalue weighted by atomic mass is 79.9. The third-order valence-corrected chi connectivity index (χ3v) is 3.87. The van der Waals surface area contributed by atoms with E-state index in [1.807, 2.05) is 13.1 Å². The molecule has 1 nitrogen and oxygen atoms in total. The van der Waals surface area contributed by atoms with Crippen molar-refractivity contribution in [2.75, 3.05) is 7.05 Å². The van der Waals surface area contributed by atoms with E-state index >= 15 is 0 Å². The van der Waals surface area contributed by atoms with Crippen LogP contribution in [0.2, 0.25) is 0 Å². The number of hydrogen-bond donors (Lipinski definition) is 1. The lowest BCUT2D eigenvalue weighted by molar-refractivity contribution is 0.589. The van der Waals surface area contributed by atoms with Gasteiger partial charge in [0.15, 0.2) is 0 Å². The molecule has 0 saturated heterocycles. The first-order valence-electron chi connectivity index (χ1n) is 6.18. The van der Waals surface area contributed by atoms with Gasteiger partial charge in [0.05, 0.1) is 0 Å². The fraction of sp³-hybridized carbons (Fsp3) is 0.250. The molecule has 18 heavy (non-hydrogen) atoms. The van der Waals surface area contributed by atoms with Crippen LogP contribution in [0.15, 0.2) is 53.0 Å². The molecule has 0 amide bonds. The molecular formula is C16H18BrN. The molecule has 0 saturated carbocycles. The van der Waals surface area contributed by atoms with Crippen molar-refractivity contribution in [2.24, 2.45) is 0 Å². The largest absolute Gasteiger partial charge is 0.313 e. The zero-order valence-corrected chi connectivity index (χ0v) is 12.4. The third kappa shape index (κ3) is 3.21. The maximum Gasteiger partial charge on any atom is 0.0369 e. The fourth-order valence-corrected chi connectivity index (χ4v) is 2.76. The Balaban J connectivity index is 2.23. The van der Waals surface area contributed by atoms with E-state index in [2.05, 4.69) is 70.6 Å². The Morgan fingerprint density at radius 3 is 2.56 bits per heavy atom. The quantitative estimate of drug-likeness (QED) is 0.890. The predicted molar refractivity (Wildman–Crippen MR) is 80.8 cm³/mol. The van der Waals surface area contributed by atoms with Crippen LogP contribution in [0.4, 0.5) is 0 Å². The van der Waals surface area contributed by atoms with Crippen molar-refractivity contribution in [3.05, 3.63) is 69.7 Å². The van der Waals surface area contributed by atoms with Crippen molar-refractivity contribution in [1.29, 1.82) is 0 Å². The smallest absolute Gasteiger partial charge is 0.0369 e. The second-order valence-corrected chi connectivity index (χ2v) is 5.41. The second kappa shape index (κ2) is 6.17. The lowest BCUT2D eigenvalue weighted by Gasteiger charge is -2.18. The van der Waals surface area contributed by atoms with Gasteiger partial charge in [-0.15, -0.1) is 0 Å². The Bertz CT molecular complexity index is 522. The summed E-state index contributed by atoms with van der Waals surface area (Å²) in [6.45, 7) is 2.14. The van der Waals surface area contributed by atoms with Crippen molar-refractivity contribution in [1.82, 2.24) is 5.32 Å². The molecule has 0 aliphatic heterocycles. The molecule has 0 bridgehead atoms. The molecular weight excluding hydrogens is 286 g/mol. The number of rotatable bonds is 4. The first kappa shape index (κ1) is 13.3. The summed E-state index contributed by atoms with van der Waals surface area (Å²) < 4.78 is 1.16. The van der Waals surface area contributed by atoms with Crippen LogP contribution in [0.3, 0.4) is 0 Å². The maximum absolute atomic E-state index is 3.63. The topological polar surface area (TPSA) is 12.0 Å². The summed E-state index contributed by atoms with van der Waals surface area (Å²) in [5.74, 6) is 0. The maximum atomic E-state index is 3.63. The number of likely N-dealkylation sites (N-methyl/N-ethyl adjacent to an activating group) is 1. The third-order valence-electron chi connectivity index (χ3n) is 3.15. The normalized spacial score (nSPS) is 12.4. The van der Waals surface area contributed by atoms with Gasteiger partial charge in [-0.25, -0.2) is 0 Å². The Hall–Kier alpha value is -1.12. The monoisotopic (exact) mass is 303 g/mol. The van der Waals surface area contributed by atoms with E-state index in [4.69, 9.17) is 0 Å². The van der Waals surface area contributed by atoms with Crippen LogP contribution in [0.25, 0.3) is 0 Å². The number of aryl methyl sites for hydroxylation is 1. The van der Waals surface area contributed by atoms with Gasteiger partial charge in [0.25, 0.3) is 0 Å². The molecule has 0 fully saturated rings. The summed E-state index contributed by atoms with van der Waals surface area (Å²) in [7, 11) is 2.01. The van der Waals surface area contributed by atoms with Crippen molar-refractivity contribution < 1.29 is 0 Å². The zero-order valence-electron chi connectivity index (χ0n) is 10.8. The summed E-state index contributed by atoms with van der Waals surface area (Å²) in [5.41, 5.74) is 3.99. The summed E-state index contributed by atoms with van der Waals surface area (Å²) in [4.78, 5) is 0. The van der Waals surface area contributed by atoms with Crippen LogP contribution in [0.1, 0.15) is 22.7 Å². The highest BCUT2D eigenvalue weighted by molar-refractivity contribution is 9.10. The van der Waals surface area contributed by atoms with E-state index in [1.165, 1.54) is 16.7 Å². The number of benzene rings is 2. The summed E-state index contributed by atoms with van der Waals surface area (Å²) in [6, 6.07) is 17.4. The molecule has 2 aromatic rings. The molecule has 0 aliphatic carbocycles. The van der Waals surface area contributed by atoms with Crippen LogP contribution in [0, 0.1) is 6.92 Å². The van der Waals surface area contributed by atoms with Crippen molar-refractivity contribution in [3.63, 3.8) is 0 Å². The molecule has 2 rings (SSSR count). The van der Waals surface area contributed by atoms with Gasteiger partial charge in [-0.1, -0.05) is 64.0 Å². The van der Waals surface area contributed by atoms with Gasteiger partial charge in [-0.05, 0) is 37.6 Å². The van der Waals surface area contributed by atoms with E-state index < -0.39 is 0 Å². The minimum Gasteiger partial charge on any atom is -0.313 e. The summed E-state index contributed by atoms with van der Waals surface area (Å²) in [5, 5.41) is 3.40. The van der Waals surface area contributed by atoms with Gasteiger partial charge < -0.3 is 5.32 Å². The number of hydrogen-bond acceptors (Lipinski definition) is 1. The molecule has 2 aromatic carbocycles. The van der Waals surface area contributed by atoms with Crippen LogP contribution < -0.4 is 5.32 Å². The van der Waals surface area contributed by atoms with Gasteiger partial charge in [0.2, 0.25) is 0 Å². The standard InChI is InChI=1S/C16H18BrN/c1-12-6-5-7-13(10-12)11-16(18-2)14-8-3-4-9-15(14)17/h3-10,16,18H,11H2,1-2H3. The molecule has 0 aliphatic rings. The average molecular weight is 304 g/mol. The van der Waals surface area contributed by atoms with Crippen LogP contribution in [0.5, 0.6) is 0 Å². The minimum absolute atomic E-state index is 0.336. The molecule has 2 heteroatoms. The van der Waals surface area contributed by atoms with Crippen molar-refractivity contribution in [2.45, 2.75) is 19.4 Å². The molecule has 0 radical (unpaired) electrons. The Labute approximate surface area is 117 Å². The highest BCUT2D eigenvalue weighted by Crippen LogP contribution is 2.25. The summed E-state index contributed by atoms with van der Waals surface area (Å²) >= 11 is 3.63. The van der Waals surface area contributed by atoms with Gasteiger partial charge in [0, 0.05) is 10.5 Å². The van der Waals surface area contributed by atoms with Crippen LogP contribution in [-0.2, 0) is 6.42 Å². The first-order valence-corrected chi connectivity index (χ1v) is 6.97. The van der Waals surface area contributed by atoms with Gasteiger partial charge >= 0.3 is 0 Å². The molecule has 1 N–H and O–H groups in total. The van der Waals surface area contributed by atoms with Gasteiger partial charge in [-0.2, -0.15) is 0 Å². The van der Waals surface area contributed by atoms with E-state index in [1.54, 1.807) is 0 Å². The lowest BCUT2D eigenvalue weighted by atomic mass is 9.98. The van der Waals surface area contributed by atoms with E-state index in [9.17, 15) is 0 Å². The molecule has 1 atom stereocenters. The first-order chi connectivity index (χ1) is 8.70. The highest BCUT2D eigenvalue weighted by Gasteiger charge is 2.12. The molecule has 1 unspecified atom stereocenters.